The van der Waals surface area contributed by atoms with Crippen molar-refractivity contribution in [3.05, 3.63) is 47.3 Å². The van der Waals surface area contributed by atoms with Gasteiger partial charge in [-0.2, -0.15) is 5.10 Å². The normalized spacial score (nSPS) is 11.1. The maximum absolute atomic E-state index is 5.68. The Balaban J connectivity index is 2.02. The van der Waals surface area contributed by atoms with Gasteiger partial charge in [0.05, 0.1) is 13.3 Å². The standard InChI is InChI=1S/C15H22N4O/c1-18(10-13-8-17-19(2)11-13)9-12-4-5-14(7-16)15(6-12)20-3/h4-6,8,11H,7,9-10,16H2,1-3H3. The van der Waals surface area contributed by atoms with Crippen LogP contribution in [0.5, 0.6) is 5.75 Å². The van der Waals surface area contributed by atoms with Gasteiger partial charge in [-0.3, -0.25) is 9.58 Å². The van der Waals surface area contributed by atoms with E-state index in [9.17, 15) is 0 Å². The zero-order chi connectivity index (χ0) is 14.5. The molecule has 108 valence electrons. The van der Waals surface area contributed by atoms with Crippen LogP contribution in [0, 0.1) is 0 Å². The SMILES string of the molecule is COc1cc(CN(C)Cc2cnn(C)c2)ccc1CN. The minimum Gasteiger partial charge on any atom is -0.496 e. The molecule has 1 heterocycles. The fourth-order valence-corrected chi connectivity index (χ4v) is 2.29. The lowest BCUT2D eigenvalue weighted by molar-refractivity contribution is 0.318. The van der Waals surface area contributed by atoms with E-state index >= 15 is 0 Å². The fraction of sp³-hybridized carbons (Fsp3) is 0.400. The first-order chi connectivity index (χ1) is 9.62. The predicted molar refractivity (Wildman–Crippen MR) is 79.3 cm³/mol. The maximum Gasteiger partial charge on any atom is 0.123 e. The largest absolute Gasteiger partial charge is 0.496 e. The molecular formula is C15H22N4O. The van der Waals surface area contributed by atoms with Gasteiger partial charge in [0, 0.05) is 44.0 Å². The van der Waals surface area contributed by atoms with Crippen LogP contribution in [0.2, 0.25) is 0 Å². The smallest absolute Gasteiger partial charge is 0.123 e. The van der Waals surface area contributed by atoms with Crippen molar-refractivity contribution in [2.75, 3.05) is 14.2 Å². The number of hydrogen-bond donors (Lipinski definition) is 1. The summed E-state index contributed by atoms with van der Waals surface area (Å²) in [7, 11) is 5.70. The Morgan fingerprint density at radius 1 is 1.30 bits per heavy atom. The first kappa shape index (κ1) is 14.6. The van der Waals surface area contributed by atoms with Gasteiger partial charge in [-0.1, -0.05) is 12.1 Å². The van der Waals surface area contributed by atoms with E-state index < -0.39 is 0 Å². The Morgan fingerprint density at radius 2 is 2.05 bits per heavy atom. The predicted octanol–water partition coefficient (Wildman–Crippen LogP) is 1.52. The highest BCUT2D eigenvalue weighted by Crippen LogP contribution is 2.20. The maximum atomic E-state index is 5.68. The van der Waals surface area contributed by atoms with E-state index in [0.717, 1.165) is 24.4 Å². The van der Waals surface area contributed by atoms with Crippen LogP contribution in [0.15, 0.2) is 30.6 Å². The average Bonchev–Trinajstić information content (AvgIpc) is 2.83. The van der Waals surface area contributed by atoms with Crippen molar-refractivity contribution in [1.29, 1.82) is 0 Å². The van der Waals surface area contributed by atoms with Crippen molar-refractivity contribution < 1.29 is 4.74 Å². The molecular weight excluding hydrogens is 252 g/mol. The van der Waals surface area contributed by atoms with Gasteiger partial charge in [0.25, 0.3) is 0 Å². The highest BCUT2D eigenvalue weighted by Gasteiger charge is 2.07. The monoisotopic (exact) mass is 274 g/mol. The summed E-state index contributed by atoms with van der Waals surface area (Å²) in [5.74, 6) is 0.861. The molecule has 0 bridgehead atoms. The second-order valence-corrected chi connectivity index (χ2v) is 5.04. The van der Waals surface area contributed by atoms with E-state index in [-0.39, 0.29) is 0 Å². The van der Waals surface area contributed by atoms with Crippen molar-refractivity contribution in [2.45, 2.75) is 19.6 Å². The Hall–Kier alpha value is -1.85. The van der Waals surface area contributed by atoms with Crippen molar-refractivity contribution in [3.63, 3.8) is 0 Å². The number of aromatic nitrogens is 2. The van der Waals surface area contributed by atoms with E-state index in [1.807, 2.05) is 30.2 Å². The summed E-state index contributed by atoms with van der Waals surface area (Å²) in [4.78, 5) is 2.24. The summed E-state index contributed by atoms with van der Waals surface area (Å²) in [5.41, 5.74) is 9.14. The number of rotatable bonds is 6. The number of methoxy groups -OCH3 is 1. The van der Waals surface area contributed by atoms with Crippen molar-refractivity contribution in [1.82, 2.24) is 14.7 Å². The zero-order valence-electron chi connectivity index (χ0n) is 12.3. The molecule has 5 nitrogen and oxygen atoms in total. The van der Waals surface area contributed by atoms with Crippen LogP contribution >= 0.6 is 0 Å². The third kappa shape index (κ3) is 3.59. The van der Waals surface area contributed by atoms with E-state index in [1.54, 1.807) is 7.11 Å². The van der Waals surface area contributed by atoms with Gasteiger partial charge >= 0.3 is 0 Å². The Bertz CT molecular complexity index is 565. The average molecular weight is 274 g/mol. The van der Waals surface area contributed by atoms with Gasteiger partial charge < -0.3 is 10.5 Å². The molecule has 0 aliphatic heterocycles. The summed E-state index contributed by atoms with van der Waals surface area (Å²) in [5, 5.41) is 4.18. The molecule has 1 aromatic carbocycles. The van der Waals surface area contributed by atoms with Crippen molar-refractivity contribution in [2.24, 2.45) is 12.8 Å². The second kappa shape index (κ2) is 6.54. The minimum absolute atomic E-state index is 0.495. The first-order valence-electron chi connectivity index (χ1n) is 6.64. The summed E-state index contributed by atoms with van der Waals surface area (Å²) in [6.45, 7) is 2.22. The van der Waals surface area contributed by atoms with Crippen LogP contribution in [0.25, 0.3) is 0 Å². The summed E-state index contributed by atoms with van der Waals surface area (Å²) < 4.78 is 7.19. The van der Waals surface area contributed by atoms with Gasteiger partial charge in [0.2, 0.25) is 0 Å². The van der Waals surface area contributed by atoms with Gasteiger partial charge in [-0.15, -0.1) is 0 Å². The molecule has 0 fully saturated rings. The molecule has 0 atom stereocenters. The fourth-order valence-electron chi connectivity index (χ4n) is 2.29. The quantitative estimate of drug-likeness (QED) is 0.867. The Morgan fingerprint density at radius 3 is 2.65 bits per heavy atom. The van der Waals surface area contributed by atoms with Gasteiger partial charge in [-0.25, -0.2) is 0 Å². The Kier molecular flexibility index (Phi) is 4.76. The molecule has 0 amide bonds. The van der Waals surface area contributed by atoms with Gasteiger partial charge in [-0.05, 0) is 18.7 Å². The molecule has 1 aromatic heterocycles. The molecule has 0 radical (unpaired) electrons. The van der Waals surface area contributed by atoms with E-state index in [0.29, 0.717) is 6.54 Å². The van der Waals surface area contributed by atoms with Crippen LogP contribution in [-0.4, -0.2) is 28.8 Å². The lowest BCUT2D eigenvalue weighted by Gasteiger charge is -2.17. The van der Waals surface area contributed by atoms with Crippen LogP contribution in [-0.2, 0) is 26.7 Å². The summed E-state index contributed by atoms with van der Waals surface area (Å²) >= 11 is 0. The zero-order valence-corrected chi connectivity index (χ0v) is 12.3. The summed E-state index contributed by atoms with van der Waals surface area (Å²) in [6.07, 6.45) is 3.93. The molecule has 2 aromatic rings. The first-order valence-corrected chi connectivity index (χ1v) is 6.64. The number of ether oxygens (including phenoxy) is 1. The van der Waals surface area contributed by atoms with Gasteiger partial charge in [0.15, 0.2) is 0 Å². The molecule has 0 unspecified atom stereocenters. The van der Waals surface area contributed by atoms with Crippen molar-refractivity contribution >= 4 is 0 Å². The topological polar surface area (TPSA) is 56.3 Å². The van der Waals surface area contributed by atoms with E-state index in [1.165, 1.54) is 11.1 Å². The highest BCUT2D eigenvalue weighted by molar-refractivity contribution is 5.37. The van der Waals surface area contributed by atoms with Crippen molar-refractivity contribution in [3.8, 4) is 5.75 Å². The van der Waals surface area contributed by atoms with Crippen LogP contribution in [0.4, 0.5) is 0 Å². The molecule has 0 aliphatic carbocycles. The number of aryl methyl sites for hydroxylation is 1. The number of nitrogens with two attached hydrogens (primary N) is 1. The molecule has 0 saturated heterocycles. The Labute approximate surface area is 119 Å². The third-order valence-electron chi connectivity index (χ3n) is 3.23. The van der Waals surface area contributed by atoms with E-state index in [4.69, 9.17) is 10.5 Å². The van der Waals surface area contributed by atoms with E-state index in [2.05, 4.69) is 29.2 Å². The van der Waals surface area contributed by atoms with Crippen LogP contribution in [0.3, 0.4) is 0 Å². The molecule has 2 N–H and O–H groups in total. The lowest BCUT2D eigenvalue weighted by Crippen LogP contribution is -2.17. The molecule has 0 spiro atoms. The molecule has 2 rings (SSSR count). The van der Waals surface area contributed by atoms with Crippen LogP contribution < -0.4 is 10.5 Å². The molecule has 0 saturated carbocycles. The molecule has 5 heteroatoms. The molecule has 0 aliphatic rings. The number of hydrogen-bond acceptors (Lipinski definition) is 4. The lowest BCUT2D eigenvalue weighted by atomic mass is 10.1. The summed E-state index contributed by atoms with van der Waals surface area (Å²) in [6, 6.07) is 6.19. The second-order valence-electron chi connectivity index (χ2n) is 5.04. The number of benzene rings is 1. The van der Waals surface area contributed by atoms with Gasteiger partial charge in [0.1, 0.15) is 5.75 Å². The third-order valence-corrected chi connectivity index (χ3v) is 3.23. The number of nitrogens with zero attached hydrogens (tertiary/aromatic N) is 3. The minimum atomic E-state index is 0.495. The highest BCUT2D eigenvalue weighted by atomic mass is 16.5. The van der Waals surface area contributed by atoms with Crippen LogP contribution in [0.1, 0.15) is 16.7 Å². The molecule has 20 heavy (non-hydrogen) atoms.